The van der Waals surface area contributed by atoms with Crippen LogP contribution < -0.4 is 15.4 Å². The van der Waals surface area contributed by atoms with Gasteiger partial charge in [-0.15, -0.1) is 0 Å². The van der Waals surface area contributed by atoms with Gasteiger partial charge in [0.15, 0.2) is 0 Å². The van der Waals surface area contributed by atoms with Gasteiger partial charge in [-0.1, -0.05) is 47.1 Å². The molecular weight excluding hydrogens is 292 g/mol. The Bertz CT molecular complexity index is 549. The van der Waals surface area contributed by atoms with Crippen LogP contribution in [0.3, 0.4) is 0 Å². The normalized spacial score (nSPS) is 13.8. The predicted molar refractivity (Wildman–Crippen MR) is 92.6 cm³/mol. The van der Waals surface area contributed by atoms with Gasteiger partial charge in [0.2, 0.25) is 5.91 Å². The number of amides is 2. The lowest BCUT2D eigenvalue weighted by Crippen LogP contribution is -2.38. The lowest BCUT2D eigenvalue weighted by Gasteiger charge is -2.20. The highest BCUT2D eigenvalue weighted by atomic mass is 16.6. The Morgan fingerprint density at radius 3 is 2.43 bits per heavy atom. The zero-order valence-electron chi connectivity index (χ0n) is 14.9. The van der Waals surface area contributed by atoms with E-state index in [-0.39, 0.29) is 11.9 Å². The molecule has 2 atom stereocenters. The van der Waals surface area contributed by atoms with Gasteiger partial charge in [0, 0.05) is 23.2 Å². The van der Waals surface area contributed by atoms with Gasteiger partial charge in [-0.3, -0.25) is 4.79 Å². The van der Waals surface area contributed by atoms with Crippen molar-refractivity contribution in [3.05, 3.63) is 24.3 Å². The minimum Gasteiger partial charge on any atom is -0.410 e. The monoisotopic (exact) mass is 320 g/mol. The van der Waals surface area contributed by atoms with Gasteiger partial charge in [0.1, 0.15) is 5.75 Å². The van der Waals surface area contributed by atoms with Crippen molar-refractivity contribution < 1.29 is 14.3 Å². The number of hydrogen-bond acceptors (Lipinski definition) is 3. The maximum atomic E-state index is 12.0. The summed E-state index contributed by atoms with van der Waals surface area (Å²) in [7, 11) is 0. The third-order valence-electron chi connectivity index (χ3n) is 3.83. The molecule has 0 aliphatic carbocycles. The average Bonchev–Trinajstić information content (AvgIpc) is 2.45. The van der Waals surface area contributed by atoms with Crippen LogP contribution in [-0.2, 0) is 4.79 Å². The first-order chi connectivity index (χ1) is 10.6. The summed E-state index contributed by atoms with van der Waals surface area (Å²) in [5, 5.41) is 5.63. The Morgan fingerprint density at radius 2 is 1.87 bits per heavy atom. The zero-order chi connectivity index (χ0) is 17.6. The Labute approximate surface area is 138 Å². The molecule has 0 aliphatic heterocycles. The summed E-state index contributed by atoms with van der Waals surface area (Å²) < 4.78 is 5.29. The molecule has 0 radical (unpaired) electrons. The lowest BCUT2D eigenvalue weighted by atomic mass is 9.95. The molecule has 2 unspecified atom stereocenters. The second kappa shape index (κ2) is 7.99. The van der Waals surface area contributed by atoms with E-state index in [4.69, 9.17) is 4.74 Å². The summed E-state index contributed by atoms with van der Waals surface area (Å²) in [4.78, 5) is 23.9. The number of rotatable bonds is 5. The van der Waals surface area contributed by atoms with Gasteiger partial charge in [0.25, 0.3) is 0 Å². The molecule has 1 aromatic carbocycles. The van der Waals surface area contributed by atoms with Crippen LogP contribution in [0.15, 0.2) is 24.3 Å². The van der Waals surface area contributed by atoms with Crippen LogP contribution in [0.25, 0.3) is 0 Å². The maximum Gasteiger partial charge on any atom is 0.412 e. The smallest absolute Gasteiger partial charge is 0.410 e. The summed E-state index contributed by atoms with van der Waals surface area (Å²) in [5.74, 6) is 0.676. The van der Waals surface area contributed by atoms with Crippen LogP contribution >= 0.6 is 0 Å². The second-order valence-corrected chi connectivity index (χ2v) is 6.94. The number of ether oxygens (including phenoxy) is 1. The van der Waals surface area contributed by atoms with Crippen LogP contribution in [0.4, 0.5) is 10.5 Å². The van der Waals surface area contributed by atoms with E-state index in [2.05, 4.69) is 24.5 Å². The van der Waals surface area contributed by atoms with E-state index in [1.807, 2.05) is 27.7 Å². The van der Waals surface area contributed by atoms with Crippen molar-refractivity contribution in [1.29, 1.82) is 0 Å². The molecule has 1 aromatic rings. The highest BCUT2D eigenvalue weighted by Gasteiger charge is 2.21. The molecule has 5 heteroatoms. The van der Waals surface area contributed by atoms with Crippen molar-refractivity contribution in [2.45, 2.75) is 54.0 Å². The Morgan fingerprint density at radius 1 is 1.22 bits per heavy atom. The second-order valence-electron chi connectivity index (χ2n) is 6.94. The molecule has 0 aromatic heterocycles. The topological polar surface area (TPSA) is 67.4 Å². The van der Waals surface area contributed by atoms with Crippen LogP contribution in [0, 0.1) is 11.3 Å². The van der Waals surface area contributed by atoms with E-state index >= 15 is 0 Å². The van der Waals surface area contributed by atoms with Crippen LogP contribution in [0.5, 0.6) is 5.75 Å². The molecule has 0 bridgehead atoms. The summed E-state index contributed by atoms with van der Waals surface area (Å²) in [6.07, 6.45) is 0.493. The van der Waals surface area contributed by atoms with Gasteiger partial charge < -0.3 is 15.4 Å². The summed E-state index contributed by atoms with van der Waals surface area (Å²) >= 11 is 0. The summed E-state index contributed by atoms with van der Waals surface area (Å²) in [6, 6.07) is 6.85. The molecule has 0 aliphatic rings. The first-order valence-corrected chi connectivity index (χ1v) is 8.03. The van der Waals surface area contributed by atoms with Crippen molar-refractivity contribution in [2.24, 2.45) is 11.3 Å². The van der Waals surface area contributed by atoms with E-state index < -0.39 is 11.5 Å². The Kier molecular flexibility index (Phi) is 6.61. The van der Waals surface area contributed by atoms with Crippen molar-refractivity contribution in [2.75, 3.05) is 5.32 Å². The highest BCUT2D eigenvalue weighted by Crippen LogP contribution is 2.21. The zero-order valence-corrected chi connectivity index (χ0v) is 14.9. The molecule has 0 saturated carbocycles. The fourth-order valence-corrected chi connectivity index (χ4v) is 1.77. The maximum absolute atomic E-state index is 12.0. The standard InChI is InChI=1S/C18H28N2O3/c1-7-12(2)13(3)19-17(22)23-15-10-8-9-14(11-15)20-16(21)18(4,5)6/h8-13H,7H2,1-6H3,(H,19,22)(H,20,21). The van der Waals surface area contributed by atoms with Gasteiger partial charge in [0.05, 0.1) is 0 Å². The van der Waals surface area contributed by atoms with Crippen molar-refractivity contribution >= 4 is 17.7 Å². The van der Waals surface area contributed by atoms with E-state index in [0.717, 1.165) is 6.42 Å². The SMILES string of the molecule is CCC(C)C(C)NC(=O)Oc1cccc(NC(=O)C(C)(C)C)c1. The molecule has 0 spiro atoms. The van der Waals surface area contributed by atoms with Crippen molar-refractivity contribution in [3.63, 3.8) is 0 Å². The van der Waals surface area contributed by atoms with E-state index in [0.29, 0.717) is 17.4 Å². The number of carbonyl (C=O) groups excluding carboxylic acids is 2. The number of anilines is 1. The Hall–Kier alpha value is -2.04. The third-order valence-corrected chi connectivity index (χ3v) is 3.83. The number of hydrogen-bond donors (Lipinski definition) is 2. The fourth-order valence-electron chi connectivity index (χ4n) is 1.77. The van der Waals surface area contributed by atoms with E-state index in [1.165, 1.54) is 0 Å². The first-order valence-electron chi connectivity index (χ1n) is 8.03. The molecule has 128 valence electrons. The van der Waals surface area contributed by atoms with Crippen molar-refractivity contribution in [1.82, 2.24) is 5.32 Å². The fraction of sp³-hybridized carbons (Fsp3) is 0.556. The largest absolute Gasteiger partial charge is 0.412 e. The van der Waals surface area contributed by atoms with E-state index in [1.54, 1.807) is 24.3 Å². The minimum absolute atomic E-state index is 0.0382. The van der Waals surface area contributed by atoms with E-state index in [9.17, 15) is 9.59 Å². The molecule has 5 nitrogen and oxygen atoms in total. The first kappa shape index (κ1) is 19.0. The number of benzene rings is 1. The van der Waals surface area contributed by atoms with Gasteiger partial charge in [-0.25, -0.2) is 4.79 Å². The van der Waals surface area contributed by atoms with Gasteiger partial charge in [-0.2, -0.15) is 0 Å². The predicted octanol–water partition coefficient (Wildman–Crippen LogP) is 4.19. The quantitative estimate of drug-likeness (QED) is 0.854. The summed E-state index contributed by atoms with van der Waals surface area (Å²) in [6.45, 7) is 11.6. The molecule has 0 heterocycles. The number of carbonyl (C=O) groups is 2. The van der Waals surface area contributed by atoms with Gasteiger partial charge in [-0.05, 0) is 25.0 Å². The molecular formula is C18H28N2O3. The molecule has 2 N–H and O–H groups in total. The average molecular weight is 320 g/mol. The highest BCUT2D eigenvalue weighted by molar-refractivity contribution is 5.94. The molecule has 2 amide bonds. The van der Waals surface area contributed by atoms with Crippen LogP contribution in [-0.4, -0.2) is 18.0 Å². The molecule has 0 fully saturated rings. The minimum atomic E-state index is -0.489. The molecule has 1 rings (SSSR count). The third kappa shape index (κ3) is 6.30. The molecule has 0 saturated heterocycles. The van der Waals surface area contributed by atoms with Crippen LogP contribution in [0.2, 0.25) is 0 Å². The van der Waals surface area contributed by atoms with Crippen LogP contribution in [0.1, 0.15) is 48.0 Å². The number of nitrogens with one attached hydrogen (secondary N) is 2. The Balaban J connectivity index is 2.67. The van der Waals surface area contributed by atoms with Gasteiger partial charge >= 0.3 is 6.09 Å². The lowest BCUT2D eigenvalue weighted by molar-refractivity contribution is -0.123. The molecule has 23 heavy (non-hydrogen) atoms. The van der Waals surface area contributed by atoms with Crippen molar-refractivity contribution in [3.8, 4) is 5.75 Å². The summed E-state index contributed by atoms with van der Waals surface area (Å²) in [5.41, 5.74) is 0.116.